The van der Waals surface area contributed by atoms with E-state index >= 15 is 0 Å². The standard InChI is InChI=1S/C12H13N3O4/c1-8(5-6-13)14(2)9-3-4-11(15(18)19)10(7-9)12(16)17/h3-4,7-8H,5H2,1-2H3,(H,16,17). The fraction of sp³-hybridized carbons (Fsp3) is 0.333. The molecule has 0 spiro atoms. The van der Waals surface area contributed by atoms with Gasteiger partial charge in [0.25, 0.3) is 5.69 Å². The van der Waals surface area contributed by atoms with Crippen LogP contribution in [0.5, 0.6) is 0 Å². The van der Waals surface area contributed by atoms with Crippen LogP contribution in [0.4, 0.5) is 11.4 Å². The van der Waals surface area contributed by atoms with E-state index in [0.717, 1.165) is 6.07 Å². The summed E-state index contributed by atoms with van der Waals surface area (Å²) in [5.41, 5.74) is -0.290. The molecule has 0 saturated carbocycles. The molecule has 1 atom stereocenters. The zero-order chi connectivity index (χ0) is 14.6. The number of benzene rings is 1. The Morgan fingerprint density at radius 3 is 2.74 bits per heavy atom. The van der Waals surface area contributed by atoms with Crippen LogP contribution in [0.25, 0.3) is 0 Å². The van der Waals surface area contributed by atoms with Gasteiger partial charge in [0.1, 0.15) is 5.56 Å². The van der Waals surface area contributed by atoms with Crippen molar-refractivity contribution < 1.29 is 14.8 Å². The zero-order valence-corrected chi connectivity index (χ0v) is 10.5. The van der Waals surface area contributed by atoms with Crippen molar-refractivity contribution in [3.8, 4) is 6.07 Å². The van der Waals surface area contributed by atoms with Gasteiger partial charge in [0.2, 0.25) is 0 Å². The van der Waals surface area contributed by atoms with E-state index in [9.17, 15) is 14.9 Å². The van der Waals surface area contributed by atoms with E-state index in [4.69, 9.17) is 10.4 Å². The Kier molecular flexibility index (Phi) is 4.42. The molecule has 0 bridgehead atoms. The highest BCUT2D eigenvalue weighted by Gasteiger charge is 2.21. The molecule has 1 rings (SSSR count). The molecule has 1 N–H and O–H groups in total. The largest absolute Gasteiger partial charge is 0.477 e. The molecule has 100 valence electrons. The molecule has 7 nitrogen and oxygen atoms in total. The van der Waals surface area contributed by atoms with Crippen molar-refractivity contribution in [3.63, 3.8) is 0 Å². The predicted molar refractivity (Wildman–Crippen MR) is 68.2 cm³/mol. The Morgan fingerprint density at radius 1 is 1.63 bits per heavy atom. The number of nitrogens with zero attached hydrogens (tertiary/aromatic N) is 3. The molecule has 0 saturated heterocycles. The van der Waals surface area contributed by atoms with Crippen LogP contribution in [-0.2, 0) is 0 Å². The van der Waals surface area contributed by atoms with Gasteiger partial charge in [-0.3, -0.25) is 10.1 Å². The van der Waals surface area contributed by atoms with E-state index in [0.29, 0.717) is 5.69 Å². The number of anilines is 1. The van der Waals surface area contributed by atoms with Gasteiger partial charge in [-0.15, -0.1) is 0 Å². The maximum atomic E-state index is 11.0. The molecule has 0 aromatic heterocycles. The maximum Gasteiger partial charge on any atom is 0.342 e. The quantitative estimate of drug-likeness (QED) is 0.643. The lowest BCUT2D eigenvalue weighted by Gasteiger charge is -2.25. The van der Waals surface area contributed by atoms with Crippen molar-refractivity contribution in [3.05, 3.63) is 33.9 Å². The molecule has 1 aromatic carbocycles. The van der Waals surface area contributed by atoms with E-state index in [-0.39, 0.29) is 18.0 Å². The topological polar surface area (TPSA) is 107 Å². The third kappa shape index (κ3) is 3.19. The van der Waals surface area contributed by atoms with Crippen molar-refractivity contribution in [2.24, 2.45) is 0 Å². The Hall–Kier alpha value is -2.62. The first-order valence-electron chi connectivity index (χ1n) is 5.50. The Labute approximate surface area is 109 Å². The van der Waals surface area contributed by atoms with Crippen LogP contribution in [0.3, 0.4) is 0 Å². The van der Waals surface area contributed by atoms with E-state index in [1.54, 1.807) is 11.9 Å². The molecule has 7 heteroatoms. The van der Waals surface area contributed by atoms with Crippen molar-refractivity contribution >= 4 is 17.3 Å². The molecule has 0 fully saturated rings. The van der Waals surface area contributed by atoms with Gasteiger partial charge in [-0.25, -0.2) is 4.79 Å². The maximum absolute atomic E-state index is 11.0. The lowest BCUT2D eigenvalue weighted by atomic mass is 10.1. The molecule has 0 aliphatic heterocycles. The van der Waals surface area contributed by atoms with Gasteiger partial charge < -0.3 is 10.0 Å². The summed E-state index contributed by atoms with van der Waals surface area (Å²) in [6.07, 6.45) is 0.274. The van der Waals surface area contributed by atoms with Crippen LogP contribution in [-0.4, -0.2) is 29.1 Å². The molecular formula is C12H13N3O4. The second-order valence-corrected chi connectivity index (χ2v) is 4.09. The van der Waals surface area contributed by atoms with Crippen molar-refractivity contribution in [1.29, 1.82) is 5.26 Å². The minimum atomic E-state index is -1.35. The Bertz CT molecular complexity index is 550. The SMILES string of the molecule is CC(CC#N)N(C)c1ccc([N+](=O)[O-])c(C(=O)O)c1. The van der Waals surface area contributed by atoms with Gasteiger partial charge >= 0.3 is 5.97 Å². The average Bonchev–Trinajstić information content (AvgIpc) is 2.37. The van der Waals surface area contributed by atoms with Crippen molar-refractivity contribution in [2.75, 3.05) is 11.9 Å². The molecule has 1 aromatic rings. The number of rotatable bonds is 5. The van der Waals surface area contributed by atoms with E-state index < -0.39 is 16.6 Å². The summed E-state index contributed by atoms with van der Waals surface area (Å²) >= 11 is 0. The number of nitro groups is 1. The number of carboxylic acid groups (broad SMARTS) is 1. The summed E-state index contributed by atoms with van der Waals surface area (Å²) in [4.78, 5) is 22.7. The fourth-order valence-corrected chi connectivity index (χ4v) is 1.60. The summed E-state index contributed by atoms with van der Waals surface area (Å²) in [5.74, 6) is -1.35. The van der Waals surface area contributed by atoms with Gasteiger partial charge in [0, 0.05) is 24.8 Å². The summed E-state index contributed by atoms with van der Waals surface area (Å²) in [7, 11) is 1.70. The number of nitriles is 1. The highest BCUT2D eigenvalue weighted by molar-refractivity contribution is 5.93. The molecule has 0 amide bonds. The third-order valence-electron chi connectivity index (χ3n) is 2.86. The number of hydrogen-bond acceptors (Lipinski definition) is 5. The van der Waals surface area contributed by atoms with Crippen LogP contribution in [0.1, 0.15) is 23.7 Å². The van der Waals surface area contributed by atoms with Crippen LogP contribution >= 0.6 is 0 Å². The molecule has 0 heterocycles. The van der Waals surface area contributed by atoms with Gasteiger partial charge in [0.15, 0.2) is 0 Å². The average molecular weight is 263 g/mol. The molecule has 0 aliphatic rings. The lowest BCUT2D eigenvalue weighted by molar-refractivity contribution is -0.385. The van der Waals surface area contributed by atoms with Gasteiger partial charge in [-0.2, -0.15) is 5.26 Å². The van der Waals surface area contributed by atoms with Gasteiger partial charge in [0.05, 0.1) is 17.4 Å². The van der Waals surface area contributed by atoms with Gasteiger partial charge in [-0.05, 0) is 19.1 Å². The van der Waals surface area contributed by atoms with E-state index in [2.05, 4.69) is 0 Å². The smallest absolute Gasteiger partial charge is 0.342 e. The normalized spacial score (nSPS) is 11.4. The second-order valence-electron chi connectivity index (χ2n) is 4.09. The van der Waals surface area contributed by atoms with Crippen LogP contribution < -0.4 is 4.90 Å². The minimum absolute atomic E-state index is 0.117. The second kappa shape index (κ2) is 5.82. The minimum Gasteiger partial charge on any atom is -0.477 e. The first-order chi connectivity index (χ1) is 8.88. The molecule has 0 radical (unpaired) electrons. The van der Waals surface area contributed by atoms with Crippen LogP contribution in [0, 0.1) is 21.4 Å². The number of carbonyl (C=O) groups is 1. The Morgan fingerprint density at radius 2 is 2.26 bits per heavy atom. The van der Waals surface area contributed by atoms with Crippen LogP contribution in [0.15, 0.2) is 18.2 Å². The Balaban J connectivity index is 3.19. The highest BCUT2D eigenvalue weighted by atomic mass is 16.6. The number of hydrogen-bond donors (Lipinski definition) is 1. The summed E-state index contributed by atoms with van der Waals surface area (Å²) in [5, 5.41) is 28.3. The predicted octanol–water partition coefficient (Wildman–Crippen LogP) is 2.03. The number of nitro benzene ring substituents is 1. The van der Waals surface area contributed by atoms with E-state index in [1.165, 1.54) is 12.1 Å². The van der Waals surface area contributed by atoms with Crippen molar-refractivity contribution in [1.82, 2.24) is 0 Å². The number of aromatic carboxylic acids is 1. The molecule has 0 aliphatic carbocycles. The molecular weight excluding hydrogens is 250 g/mol. The number of carboxylic acids is 1. The summed E-state index contributed by atoms with van der Waals surface area (Å²) < 4.78 is 0. The highest BCUT2D eigenvalue weighted by Crippen LogP contribution is 2.25. The summed E-state index contributed by atoms with van der Waals surface area (Å²) in [6.45, 7) is 1.81. The monoisotopic (exact) mass is 263 g/mol. The van der Waals surface area contributed by atoms with Crippen LogP contribution in [0.2, 0.25) is 0 Å². The molecule has 19 heavy (non-hydrogen) atoms. The molecule has 1 unspecified atom stereocenters. The van der Waals surface area contributed by atoms with Crippen molar-refractivity contribution in [2.45, 2.75) is 19.4 Å². The third-order valence-corrected chi connectivity index (χ3v) is 2.86. The lowest BCUT2D eigenvalue weighted by Crippen LogP contribution is -2.28. The zero-order valence-electron chi connectivity index (χ0n) is 10.5. The first-order valence-corrected chi connectivity index (χ1v) is 5.50. The summed E-state index contributed by atoms with van der Waals surface area (Å²) in [6, 6.07) is 5.78. The van der Waals surface area contributed by atoms with Gasteiger partial charge in [-0.1, -0.05) is 0 Å². The van der Waals surface area contributed by atoms with E-state index in [1.807, 2.05) is 13.0 Å². The fourth-order valence-electron chi connectivity index (χ4n) is 1.60. The first kappa shape index (κ1) is 14.4.